The fourth-order valence-electron chi connectivity index (χ4n) is 2.03. The van der Waals surface area contributed by atoms with Gasteiger partial charge < -0.3 is 9.16 Å². The number of carbonyl (C=O) groups is 2. The summed E-state index contributed by atoms with van der Waals surface area (Å²) in [5.74, 6) is 0.00666. The van der Waals surface area contributed by atoms with E-state index in [9.17, 15) is 9.59 Å². The van der Waals surface area contributed by atoms with Crippen LogP contribution in [0.4, 0.5) is 0 Å². The SMILES string of the molecule is CCOC(=O)/C=C/[C@H](C[C@H](C)C/C=C(\C)C=O)O[Si](C)(C)C(C)(C)C. The molecule has 0 radical (unpaired) electrons. The highest BCUT2D eigenvalue weighted by Gasteiger charge is 2.38. The van der Waals surface area contributed by atoms with Crippen molar-refractivity contribution in [3.05, 3.63) is 23.8 Å². The maximum atomic E-state index is 11.6. The zero-order valence-electron chi connectivity index (χ0n) is 17.2. The highest BCUT2D eigenvalue weighted by atomic mass is 28.4. The monoisotopic (exact) mass is 368 g/mol. The molecule has 0 aliphatic rings. The van der Waals surface area contributed by atoms with Crippen LogP contribution >= 0.6 is 0 Å². The van der Waals surface area contributed by atoms with E-state index in [1.165, 1.54) is 6.08 Å². The Morgan fingerprint density at radius 2 is 1.84 bits per heavy atom. The van der Waals surface area contributed by atoms with Gasteiger partial charge in [-0.05, 0) is 62.4 Å². The van der Waals surface area contributed by atoms with Gasteiger partial charge in [0.25, 0.3) is 0 Å². The predicted molar refractivity (Wildman–Crippen MR) is 106 cm³/mol. The summed E-state index contributed by atoms with van der Waals surface area (Å²) in [6.07, 6.45) is 7.60. The molecule has 0 heterocycles. The lowest BCUT2D eigenvalue weighted by Crippen LogP contribution is -2.43. The lowest BCUT2D eigenvalue weighted by atomic mass is 9.98. The quantitative estimate of drug-likeness (QED) is 0.234. The number of rotatable bonds is 10. The van der Waals surface area contributed by atoms with Gasteiger partial charge in [0.05, 0.1) is 12.7 Å². The molecule has 0 spiro atoms. The third-order valence-electron chi connectivity index (χ3n) is 4.65. The number of ether oxygens (including phenoxy) is 1. The van der Waals surface area contributed by atoms with Crippen LogP contribution in [0.1, 0.15) is 54.4 Å². The third-order valence-corrected chi connectivity index (χ3v) is 9.15. The molecule has 0 bridgehead atoms. The van der Waals surface area contributed by atoms with Gasteiger partial charge in [0.2, 0.25) is 0 Å². The second-order valence-electron chi connectivity index (χ2n) is 8.17. The van der Waals surface area contributed by atoms with Gasteiger partial charge in [-0.3, -0.25) is 4.79 Å². The molecule has 4 nitrogen and oxygen atoms in total. The van der Waals surface area contributed by atoms with Gasteiger partial charge in [-0.1, -0.05) is 33.8 Å². The number of hydrogen-bond acceptors (Lipinski definition) is 4. The van der Waals surface area contributed by atoms with Crippen LogP contribution in [0.15, 0.2) is 23.8 Å². The van der Waals surface area contributed by atoms with E-state index in [0.29, 0.717) is 12.5 Å². The first kappa shape index (κ1) is 23.8. The molecule has 0 fully saturated rings. The fourth-order valence-corrected chi connectivity index (χ4v) is 3.31. The Hall–Kier alpha value is -1.20. The third kappa shape index (κ3) is 9.75. The molecule has 0 saturated heterocycles. The van der Waals surface area contributed by atoms with Crippen LogP contribution in [-0.4, -0.2) is 33.3 Å². The van der Waals surface area contributed by atoms with Crippen molar-refractivity contribution in [1.82, 2.24) is 0 Å². The van der Waals surface area contributed by atoms with Crippen molar-refractivity contribution in [3.8, 4) is 0 Å². The van der Waals surface area contributed by atoms with Crippen molar-refractivity contribution in [3.63, 3.8) is 0 Å². The van der Waals surface area contributed by atoms with Crippen LogP contribution in [0.25, 0.3) is 0 Å². The summed E-state index contributed by atoms with van der Waals surface area (Å²) in [4.78, 5) is 22.4. The van der Waals surface area contributed by atoms with Gasteiger partial charge in [-0.15, -0.1) is 0 Å². The average molecular weight is 369 g/mol. The van der Waals surface area contributed by atoms with E-state index < -0.39 is 8.32 Å². The molecule has 0 aromatic rings. The molecule has 2 atom stereocenters. The molecule has 0 aromatic carbocycles. The zero-order valence-corrected chi connectivity index (χ0v) is 18.2. The molecule has 0 aliphatic carbocycles. The molecule has 5 heteroatoms. The summed E-state index contributed by atoms with van der Waals surface area (Å²) >= 11 is 0. The largest absolute Gasteiger partial charge is 0.463 e. The zero-order chi connectivity index (χ0) is 19.7. The first-order valence-electron chi connectivity index (χ1n) is 9.07. The van der Waals surface area contributed by atoms with E-state index in [-0.39, 0.29) is 17.1 Å². The van der Waals surface area contributed by atoms with Gasteiger partial charge in [0.1, 0.15) is 6.29 Å². The van der Waals surface area contributed by atoms with Crippen molar-refractivity contribution in [2.75, 3.05) is 6.61 Å². The summed E-state index contributed by atoms with van der Waals surface area (Å²) in [5, 5.41) is 0.0975. The fraction of sp³-hybridized carbons (Fsp3) is 0.700. The normalized spacial score (nSPS) is 15.9. The van der Waals surface area contributed by atoms with Crippen LogP contribution in [0.3, 0.4) is 0 Å². The second kappa shape index (κ2) is 10.7. The summed E-state index contributed by atoms with van der Waals surface area (Å²) in [5.41, 5.74) is 0.746. The van der Waals surface area contributed by atoms with Crippen LogP contribution in [-0.2, 0) is 18.8 Å². The van der Waals surface area contributed by atoms with Crippen LogP contribution in [0, 0.1) is 5.92 Å². The molecule has 0 aliphatic heterocycles. The minimum absolute atomic E-state index is 0.0975. The summed E-state index contributed by atoms with van der Waals surface area (Å²) in [7, 11) is -1.95. The molecule has 144 valence electrons. The molecule has 0 saturated carbocycles. The Morgan fingerprint density at radius 3 is 2.32 bits per heavy atom. The molecule has 0 rings (SSSR count). The minimum Gasteiger partial charge on any atom is -0.463 e. The molecular formula is C20H36O4Si. The molecule has 0 amide bonds. The van der Waals surface area contributed by atoms with E-state index >= 15 is 0 Å². The maximum Gasteiger partial charge on any atom is 0.330 e. The van der Waals surface area contributed by atoms with Gasteiger partial charge in [0.15, 0.2) is 8.32 Å². The molecule has 0 unspecified atom stereocenters. The first-order chi connectivity index (χ1) is 11.4. The topological polar surface area (TPSA) is 52.6 Å². The highest BCUT2D eigenvalue weighted by molar-refractivity contribution is 6.74. The average Bonchev–Trinajstić information content (AvgIpc) is 2.49. The van der Waals surface area contributed by atoms with Crippen molar-refractivity contribution < 1.29 is 18.8 Å². The Balaban J connectivity index is 5.13. The molecule has 0 N–H and O–H groups in total. The lowest BCUT2D eigenvalue weighted by Gasteiger charge is -2.39. The maximum absolute atomic E-state index is 11.6. The first-order valence-corrected chi connectivity index (χ1v) is 12.0. The lowest BCUT2D eigenvalue weighted by molar-refractivity contribution is -0.137. The number of carbonyl (C=O) groups excluding carboxylic acids is 2. The van der Waals surface area contributed by atoms with Crippen molar-refractivity contribution in [2.45, 2.75) is 78.6 Å². The van der Waals surface area contributed by atoms with Gasteiger partial charge in [-0.25, -0.2) is 4.79 Å². The van der Waals surface area contributed by atoms with Gasteiger partial charge in [0, 0.05) is 6.08 Å². The summed E-state index contributed by atoms with van der Waals surface area (Å²) in [6, 6.07) is 0. The van der Waals surface area contributed by atoms with Crippen LogP contribution < -0.4 is 0 Å². The van der Waals surface area contributed by atoms with Crippen molar-refractivity contribution in [1.29, 1.82) is 0 Å². The van der Waals surface area contributed by atoms with Crippen molar-refractivity contribution in [2.24, 2.45) is 5.92 Å². The van der Waals surface area contributed by atoms with E-state index in [2.05, 4.69) is 40.8 Å². The van der Waals surface area contributed by atoms with Gasteiger partial charge in [-0.2, -0.15) is 0 Å². The highest BCUT2D eigenvalue weighted by Crippen LogP contribution is 2.38. The standard InChI is InChI=1S/C20H36O4Si/c1-9-23-19(22)13-12-18(24-25(7,8)20(4,5)6)14-16(2)10-11-17(3)15-21/h11-13,15-16,18H,9-10,14H2,1-8H3/b13-12+,17-11+/t16-,18-/m1/s1. The minimum atomic E-state index is -1.95. The summed E-state index contributed by atoms with van der Waals surface area (Å²) in [6.45, 7) is 17.1. The Labute approximate surface area is 154 Å². The molecular weight excluding hydrogens is 332 g/mol. The van der Waals surface area contributed by atoms with Crippen LogP contribution in [0.2, 0.25) is 18.1 Å². The number of hydrogen-bond donors (Lipinski definition) is 0. The predicted octanol–water partition coefficient (Wildman–Crippen LogP) is 5.06. The van der Waals surface area contributed by atoms with Gasteiger partial charge >= 0.3 is 5.97 Å². The van der Waals surface area contributed by atoms with E-state index in [1.807, 2.05) is 19.1 Å². The Bertz CT molecular complexity index is 486. The smallest absolute Gasteiger partial charge is 0.330 e. The number of allylic oxidation sites excluding steroid dienone is 2. The molecule has 0 aromatic heterocycles. The Morgan fingerprint density at radius 1 is 1.24 bits per heavy atom. The van der Waals surface area contributed by atoms with Crippen LogP contribution in [0.5, 0.6) is 0 Å². The van der Waals surface area contributed by atoms with Crippen molar-refractivity contribution >= 4 is 20.6 Å². The Kier molecular flexibility index (Phi) is 10.2. The summed E-state index contributed by atoms with van der Waals surface area (Å²) < 4.78 is 11.5. The number of esters is 1. The molecule has 25 heavy (non-hydrogen) atoms. The van der Waals surface area contributed by atoms with E-state index in [4.69, 9.17) is 9.16 Å². The van der Waals surface area contributed by atoms with E-state index in [0.717, 1.165) is 24.7 Å². The number of aldehydes is 1. The van der Waals surface area contributed by atoms with E-state index in [1.54, 1.807) is 6.92 Å². The second-order valence-corrected chi connectivity index (χ2v) is 12.9.